The van der Waals surface area contributed by atoms with E-state index in [4.69, 9.17) is 15.9 Å². The minimum atomic E-state index is 0.146. The van der Waals surface area contributed by atoms with E-state index in [1.807, 2.05) is 39.2 Å². The molecule has 0 bridgehead atoms. The zero-order valence-electron chi connectivity index (χ0n) is 10.4. The summed E-state index contributed by atoms with van der Waals surface area (Å²) >= 11 is 0. The van der Waals surface area contributed by atoms with E-state index >= 15 is 0 Å². The van der Waals surface area contributed by atoms with E-state index in [1.54, 1.807) is 11.0 Å². The molecule has 0 amide bonds. The fourth-order valence-electron chi connectivity index (χ4n) is 1.18. The van der Waals surface area contributed by atoms with Crippen molar-refractivity contribution >= 4 is 17.5 Å². The number of nitrogens with two attached hydrogens (primary N) is 1. The summed E-state index contributed by atoms with van der Waals surface area (Å²) in [7, 11) is 3.65. The quantitative estimate of drug-likeness (QED) is 0.615. The first-order valence-corrected chi connectivity index (χ1v) is 5.38. The summed E-state index contributed by atoms with van der Waals surface area (Å²) < 4.78 is 5.13. The van der Waals surface area contributed by atoms with Crippen LogP contribution >= 0.6 is 0 Å². The van der Waals surface area contributed by atoms with Crippen LogP contribution in [0.3, 0.4) is 0 Å². The Morgan fingerprint density at radius 1 is 1.47 bits per heavy atom. The lowest BCUT2D eigenvalue weighted by atomic mass is 10.2. The first kappa shape index (κ1) is 13.0. The highest BCUT2D eigenvalue weighted by Crippen LogP contribution is 2.15. The van der Waals surface area contributed by atoms with Gasteiger partial charge in [-0.05, 0) is 25.1 Å². The Morgan fingerprint density at radius 2 is 2.18 bits per heavy atom. The van der Waals surface area contributed by atoms with Crippen molar-refractivity contribution in [2.45, 2.75) is 6.92 Å². The smallest absolute Gasteiger partial charge is 0.213 e. The molecule has 5 heteroatoms. The highest BCUT2D eigenvalue weighted by atomic mass is 16.5. The summed E-state index contributed by atoms with van der Waals surface area (Å²) in [5.41, 5.74) is 7.13. The number of hydrogen-bond acceptors (Lipinski definition) is 3. The average molecular weight is 234 g/mol. The normalized spacial score (nSPS) is 11.1. The second kappa shape index (κ2) is 5.89. The van der Waals surface area contributed by atoms with Crippen molar-refractivity contribution in [1.82, 2.24) is 4.90 Å². The number of benzene rings is 1. The number of nitrogens with zero attached hydrogens (tertiary/aromatic N) is 2. The second-order valence-electron chi connectivity index (χ2n) is 3.68. The van der Waals surface area contributed by atoms with E-state index in [1.165, 1.54) is 0 Å². The van der Waals surface area contributed by atoms with Gasteiger partial charge < -0.3 is 15.4 Å². The molecule has 17 heavy (non-hydrogen) atoms. The van der Waals surface area contributed by atoms with Crippen molar-refractivity contribution in [3.8, 4) is 0 Å². The molecule has 0 atom stereocenters. The fraction of sp³-hybridized carbons (Fsp3) is 0.333. The Labute approximate surface area is 101 Å². The zero-order chi connectivity index (χ0) is 12.8. The highest BCUT2D eigenvalue weighted by Gasteiger charge is 2.03. The Balaban J connectivity index is 2.94. The Hall–Kier alpha value is -2.04. The third-order valence-electron chi connectivity index (χ3n) is 2.10. The van der Waals surface area contributed by atoms with Crippen LogP contribution in [0.5, 0.6) is 0 Å². The van der Waals surface area contributed by atoms with Crippen LogP contribution in [-0.2, 0) is 4.74 Å². The van der Waals surface area contributed by atoms with Gasteiger partial charge in [-0.2, -0.15) is 0 Å². The van der Waals surface area contributed by atoms with E-state index in [0.717, 1.165) is 0 Å². The van der Waals surface area contributed by atoms with Crippen molar-refractivity contribution in [1.29, 1.82) is 5.41 Å². The summed E-state index contributed by atoms with van der Waals surface area (Å²) in [5, 5.41) is 7.68. The standard InChI is InChI=1S/C12H18N4O/c1-4-17-11(13)9-6-5-7-10(8-9)15-12(14)16(2)3/h5-8,13H,4H2,1-3H3,(H2,14,15). The topological polar surface area (TPSA) is 74.7 Å². The van der Waals surface area contributed by atoms with Gasteiger partial charge in [-0.1, -0.05) is 6.07 Å². The number of guanidine groups is 1. The van der Waals surface area contributed by atoms with E-state index in [2.05, 4.69) is 4.99 Å². The van der Waals surface area contributed by atoms with Crippen molar-refractivity contribution < 1.29 is 4.74 Å². The van der Waals surface area contributed by atoms with Crippen LogP contribution in [-0.4, -0.2) is 37.5 Å². The fourth-order valence-corrected chi connectivity index (χ4v) is 1.18. The number of rotatable bonds is 3. The van der Waals surface area contributed by atoms with Crippen LogP contribution in [0.25, 0.3) is 0 Å². The van der Waals surface area contributed by atoms with Gasteiger partial charge in [0.2, 0.25) is 5.90 Å². The molecule has 92 valence electrons. The number of ether oxygens (including phenoxy) is 1. The van der Waals surface area contributed by atoms with E-state index in [9.17, 15) is 0 Å². The van der Waals surface area contributed by atoms with E-state index in [-0.39, 0.29) is 5.90 Å². The molecule has 0 fully saturated rings. The van der Waals surface area contributed by atoms with Gasteiger partial charge in [-0.15, -0.1) is 0 Å². The lowest BCUT2D eigenvalue weighted by molar-refractivity contribution is 0.325. The summed E-state index contributed by atoms with van der Waals surface area (Å²) in [6, 6.07) is 7.24. The summed E-state index contributed by atoms with van der Waals surface area (Å²) in [6.45, 7) is 2.33. The predicted molar refractivity (Wildman–Crippen MR) is 69.9 cm³/mol. The molecule has 0 aromatic heterocycles. The van der Waals surface area contributed by atoms with Crippen molar-refractivity contribution in [3.63, 3.8) is 0 Å². The molecule has 0 heterocycles. The first-order valence-electron chi connectivity index (χ1n) is 5.38. The van der Waals surface area contributed by atoms with Gasteiger partial charge in [-0.25, -0.2) is 4.99 Å². The number of nitrogens with one attached hydrogen (secondary N) is 1. The van der Waals surface area contributed by atoms with Gasteiger partial charge in [0.25, 0.3) is 0 Å². The predicted octanol–water partition coefficient (Wildman–Crippen LogP) is 1.56. The highest BCUT2D eigenvalue weighted by molar-refractivity contribution is 5.92. The van der Waals surface area contributed by atoms with E-state index in [0.29, 0.717) is 23.8 Å². The van der Waals surface area contributed by atoms with Crippen molar-refractivity contribution in [2.24, 2.45) is 10.7 Å². The monoisotopic (exact) mass is 234 g/mol. The maximum absolute atomic E-state index is 7.68. The van der Waals surface area contributed by atoms with Crippen LogP contribution in [0.15, 0.2) is 29.3 Å². The molecule has 3 N–H and O–H groups in total. The molecule has 1 aromatic rings. The molecule has 0 spiro atoms. The maximum atomic E-state index is 7.68. The average Bonchev–Trinajstić information content (AvgIpc) is 2.29. The summed E-state index contributed by atoms with van der Waals surface area (Å²) in [4.78, 5) is 5.95. The largest absolute Gasteiger partial charge is 0.478 e. The minimum Gasteiger partial charge on any atom is -0.478 e. The van der Waals surface area contributed by atoms with Gasteiger partial charge >= 0.3 is 0 Å². The van der Waals surface area contributed by atoms with Gasteiger partial charge in [0.05, 0.1) is 12.3 Å². The molecule has 0 saturated carbocycles. The molecule has 0 aliphatic carbocycles. The Kier molecular flexibility index (Phi) is 4.51. The molecule has 5 nitrogen and oxygen atoms in total. The lowest BCUT2D eigenvalue weighted by Crippen LogP contribution is -2.29. The van der Waals surface area contributed by atoms with Crippen LogP contribution in [0.4, 0.5) is 5.69 Å². The molecule has 1 aromatic carbocycles. The molecule has 1 rings (SSSR count). The number of aliphatic imine (C=N–C) groups is 1. The molecule has 0 radical (unpaired) electrons. The van der Waals surface area contributed by atoms with Crippen LogP contribution in [0.1, 0.15) is 12.5 Å². The molecular formula is C12H18N4O. The van der Waals surface area contributed by atoms with Gasteiger partial charge in [0.1, 0.15) is 0 Å². The van der Waals surface area contributed by atoms with Crippen molar-refractivity contribution in [3.05, 3.63) is 29.8 Å². The third-order valence-corrected chi connectivity index (χ3v) is 2.10. The van der Waals surface area contributed by atoms with Crippen molar-refractivity contribution in [2.75, 3.05) is 20.7 Å². The zero-order valence-corrected chi connectivity index (χ0v) is 10.4. The molecular weight excluding hydrogens is 216 g/mol. The Bertz CT molecular complexity index is 426. The van der Waals surface area contributed by atoms with Crippen LogP contribution in [0, 0.1) is 5.41 Å². The molecule has 0 aliphatic heterocycles. The minimum absolute atomic E-state index is 0.146. The summed E-state index contributed by atoms with van der Waals surface area (Å²) in [5.74, 6) is 0.568. The second-order valence-corrected chi connectivity index (χ2v) is 3.68. The van der Waals surface area contributed by atoms with Gasteiger partial charge in [-0.3, -0.25) is 5.41 Å². The lowest BCUT2D eigenvalue weighted by Gasteiger charge is -2.10. The summed E-state index contributed by atoms with van der Waals surface area (Å²) in [6.07, 6.45) is 0. The number of hydrogen-bond donors (Lipinski definition) is 2. The first-order chi connectivity index (χ1) is 8.04. The van der Waals surface area contributed by atoms with Crippen LogP contribution in [0.2, 0.25) is 0 Å². The molecule has 0 aliphatic rings. The van der Waals surface area contributed by atoms with Gasteiger partial charge in [0.15, 0.2) is 5.96 Å². The SMILES string of the molecule is CCOC(=N)c1cccc(N=C(N)N(C)C)c1. The van der Waals surface area contributed by atoms with Gasteiger partial charge in [0, 0.05) is 19.7 Å². The Morgan fingerprint density at radius 3 is 2.76 bits per heavy atom. The molecule has 0 saturated heterocycles. The van der Waals surface area contributed by atoms with E-state index < -0.39 is 0 Å². The maximum Gasteiger partial charge on any atom is 0.213 e. The molecule has 0 unspecified atom stereocenters. The third kappa shape index (κ3) is 3.79. The van der Waals surface area contributed by atoms with Crippen LogP contribution < -0.4 is 5.73 Å².